The molecule has 1 heterocycles. The summed E-state index contributed by atoms with van der Waals surface area (Å²) >= 11 is 0. The molecule has 0 bridgehead atoms. The van der Waals surface area contributed by atoms with Crippen molar-refractivity contribution in [2.24, 2.45) is 11.7 Å². The van der Waals surface area contributed by atoms with E-state index in [0.717, 1.165) is 18.9 Å². The minimum absolute atomic E-state index is 0.0125. The van der Waals surface area contributed by atoms with Gasteiger partial charge in [0.05, 0.1) is 11.9 Å². The van der Waals surface area contributed by atoms with Gasteiger partial charge in [-0.2, -0.15) is 0 Å². The van der Waals surface area contributed by atoms with Gasteiger partial charge in [0.1, 0.15) is 6.54 Å². The van der Waals surface area contributed by atoms with Gasteiger partial charge in [0.25, 0.3) is 0 Å². The highest BCUT2D eigenvalue weighted by Crippen LogP contribution is 2.26. The second kappa shape index (κ2) is 6.49. The Morgan fingerprint density at radius 3 is 2.94 bits per heavy atom. The van der Waals surface area contributed by atoms with Crippen LogP contribution in [0.1, 0.15) is 37.8 Å². The number of hydrogen-bond donors (Lipinski definition) is 2. The monoisotopic (exact) mass is 251 g/mol. The lowest BCUT2D eigenvalue weighted by molar-refractivity contribution is -0.121. The molecule has 1 aromatic heterocycles. The second-order valence-electron chi connectivity index (χ2n) is 4.90. The third kappa shape index (κ3) is 3.80. The maximum Gasteiger partial charge on any atom is 0.241 e. The Labute approximate surface area is 107 Å². The van der Waals surface area contributed by atoms with Crippen LogP contribution in [0.2, 0.25) is 0 Å². The number of aromatic nitrogens is 3. The van der Waals surface area contributed by atoms with Crippen LogP contribution in [0.15, 0.2) is 6.20 Å². The third-order valence-corrected chi connectivity index (χ3v) is 3.45. The molecule has 2 rings (SSSR count). The molecule has 0 atom stereocenters. The van der Waals surface area contributed by atoms with Crippen LogP contribution in [-0.4, -0.2) is 27.4 Å². The van der Waals surface area contributed by atoms with E-state index in [1.165, 1.54) is 30.4 Å². The molecular weight excluding hydrogens is 230 g/mol. The Morgan fingerprint density at radius 2 is 2.28 bits per heavy atom. The van der Waals surface area contributed by atoms with Crippen molar-refractivity contribution < 1.29 is 4.79 Å². The summed E-state index contributed by atoms with van der Waals surface area (Å²) in [4.78, 5) is 11.7. The van der Waals surface area contributed by atoms with Gasteiger partial charge in [0.15, 0.2) is 0 Å². The van der Waals surface area contributed by atoms with Gasteiger partial charge in [-0.05, 0) is 12.3 Å². The highest BCUT2D eigenvalue weighted by molar-refractivity contribution is 5.75. The largest absolute Gasteiger partial charge is 0.354 e. The predicted molar refractivity (Wildman–Crippen MR) is 67.5 cm³/mol. The molecule has 6 heteroatoms. The van der Waals surface area contributed by atoms with Crippen molar-refractivity contribution in [2.45, 2.75) is 45.2 Å². The molecule has 0 unspecified atom stereocenters. The molecule has 0 aromatic carbocycles. The van der Waals surface area contributed by atoms with Crippen molar-refractivity contribution in [2.75, 3.05) is 6.54 Å². The van der Waals surface area contributed by atoms with E-state index < -0.39 is 0 Å². The number of carbonyl (C=O) groups excluding carboxylic acids is 1. The van der Waals surface area contributed by atoms with Gasteiger partial charge in [-0.3, -0.25) is 4.79 Å². The summed E-state index contributed by atoms with van der Waals surface area (Å²) in [6.07, 6.45) is 8.13. The van der Waals surface area contributed by atoms with E-state index >= 15 is 0 Å². The summed E-state index contributed by atoms with van der Waals surface area (Å²) in [5, 5.41) is 10.6. The molecule has 0 saturated heterocycles. The van der Waals surface area contributed by atoms with Gasteiger partial charge in [-0.15, -0.1) is 5.10 Å². The SMILES string of the molecule is NCc1cn(CC(=O)NCCC2CCCC2)nn1. The molecule has 1 amide bonds. The van der Waals surface area contributed by atoms with Crippen LogP contribution >= 0.6 is 0 Å². The van der Waals surface area contributed by atoms with Crippen LogP contribution < -0.4 is 11.1 Å². The van der Waals surface area contributed by atoms with E-state index in [1.807, 2.05) is 0 Å². The Balaban J connectivity index is 1.65. The Morgan fingerprint density at radius 1 is 1.50 bits per heavy atom. The van der Waals surface area contributed by atoms with E-state index in [2.05, 4.69) is 15.6 Å². The van der Waals surface area contributed by atoms with Gasteiger partial charge in [0, 0.05) is 13.1 Å². The normalized spacial score (nSPS) is 16.1. The third-order valence-electron chi connectivity index (χ3n) is 3.45. The molecule has 1 aliphatic carbocycles. The van der Waals surface area contributed by atoms with Crippen LogP contribution in [0, 0.1) is 5.92 Å². The number of carbonyl (C=O) groups is 1. The molecule has 0 spiro atoms. The van der Waals surface area contributed by atoms with Crippen molar-refractivity contribution in [1.82, 2.24) is 20.3 Å². The smallest absolute Gasteiger partial charge is 0.241 e. The highest BCUT2D eigenvalue weighted by atomic mass is 16.2. The predicted octanol–water partition coefficient (Wildman–Crippen LogP) is 0.433. The van der Waals surface area contributed by atoms with E-state index in [0.29, 0.717) is 12.2 Å². The second-order valence-corrected chi connectivity index (χ2v) is 4.90. The van der Waals surface area contributed by atoms with E-state index in [1.54, 1.807) is 6.20 Å². The topological polar surface area (TPSA) is 85.8 Å². The Kier molecular flexibility index (Phi) is 4.69. The van der Waals surface area contributed by atoms with Crippen molar-refractivity contribution in [3.63, 3.8) is 0 Å². The minimum atomic E-state index is -0.0125. The van der Waals surface area contributed by atoms with Crippen molar-refractivity contribution in [3.05, 3.63) is 11.9 Å². The van der Waals surface area contributed by atoms with Gasteiger partial charge in [-0.25, -0.2) is 4.68 Å². The summed E-state index contributed by atoms with van der Waals surface area (Å²) < 4.78 is 1.52. The first kappa shape index (κ1) is 13.0. The number of nitrogens with two attached hydrogens (primary N) is 1. The average Bonchev–Trinajstić information content (AvgIpc) is 3.00. The zero-order valence-electron chi connectivity index (χ0n) is 10.6. The maximum atomic E-state index is 11.7. The quantitative estimate of drug-likeness (QED) is 0.768. The Hall–Kier alpha value is -1.43. The molecule has 1 aromatic rings. The first-order valence-electron chi connectivity index (χ1n) is 6.63. The van der Waals surface area contributed by atoms with E-state index in [9.17, 15) is 4.79 Å². The van der Waals surface area contributed by atoms with Crippen LogP contribution in [0.3, 0.4) is 0 Å². The molecule has 3 N–H and O–H groups in total. The first-order chi connectivity index (χ1) is 8.78. The van der Waals surface area contributed by atoms with Gasteiger partial charge in [-0.1, -0.05) is 30.9 Å². The maximum absolute atomic E-state index is 11.7. The number of nitrogens with zero attached hydrogens (tertiary/aromatic N) is 3. The summed E-state index contributed by atoms with van der Waals surface area (Å²) in [6.45, 7) is 1.34. The molecule has 1 fully saturated rings. The molecule has 1 saturated carbocycles. The fraction of sp³-hybridized carbons (Fsp3) is 0.750. The molecule has 1 aliphatic rings. The molecule has 100 valence electrons. The number of nitrogens with one attached hydrogen (secondary N) is 1. The van der Waals surface area contributed by atoms with E-state index in [-0.39, 0.29) is 12.5 Å². The molecule has 18 heavy (non-hydrogen) atoms. The standard InChI is InChI=1S/C12H21N5O/c13-7-11-8-17(16-15-11)9-12(18)14-6-5-10-3-1-2-4-10/h8,10H,1-7,9,13H2,(H,14,18). The average molecular weight is 251 g/mol. The van der Waals surface area contributed by atoms with Crippen LogP contribution in [-0.2, 0) is 17.9 Å². The summed E-state index contributed by atoms with van der Waals surface area (Å²) in [5.41, 5.74) is 6.13. The summed E-state index contributed by atoms with van der Waals surface area (Å²) in [7, 11) is 0. The first-order valence-corrected chi connectivity index (χ1v) is 6.63. The van der Waals surface area contributed by atoms with Gasteiger partial charge in [0.2, 0.25) is 5.91 Å². The lowest BCUT2D eigenvalue weighted by Gasteiger charge is -2.09. The highest BCUT2D eigenvalue weighted by Gasteiger charge is 2.14. The molecule has 0 radical (unpaired) electrons. The fourth-order valence-corrected chi connectivity index (χ4v) is 2.43. The summed E-state index contributed by atoms with van der Waals surface area (Å²) in [5.74, 6) is 0.794. The molecule has 0 aliphatic heterocycles. The van der Waals surface area contributed by atoms with Gasteiger partial charge >= 0.3 is 0 Å². The number of hydrogen-bond acceptors (Lipinski definition) is 4. The lowest BCUT2D eigenvalue weighted by Crippen LogP contribution is -2.29. The van der Waals surface area contributed by atoms with E-state index in [4.69, 9.17) is 5.73 Å². The number of rotatable bonds is 6. The van der Waals surface area contributed by atoms with Crippen molar-refractivity contribution >= 4 is 5.91 Å². The molecule has 6 nitrogen and oxygen atoms in total. The summed E-state index contributed by atoms with van der Waals surface area (Å²) in [6, 6.07) is 0. The van der Waals surface area contributed by atoms with Crippen LogP contribution in [0.25, 0.3) is 0 Å². The lowest BCUT2D eigenvalue weighted by atomic mass is 10.0. The molecular formula is C12H21N5O. The number of amides is 1. The minimum Gasteiger partial charge on any atom is -0.354 e. The van der Waals surface area contributed by atoms with Crippen LogP contribution in [0.4, 0.5) is 0 Å². The van der Waals surface area contributed by atoms with Crippen molar-refractivity contribution in [3.8, 4) is 0 Å². The Bertz CT molecular complexity index is 384. The van der Waals surface area contributed by atoms with Gasteiger partial charge < -0.3 is 11.1 Å². The van der Waals surface area contributed by atoms with Crippen molar-refractivity contribution in [1.29, 1.82) is 0 Å². The zero-order valence-corrected chi connectivity index (χ0v) is 10.6. The fourth-order valence-electron chi connectivity index (χ4n) is 2.43. The zero-order chi connectivity index (χ0) is 12.8. The van der Waals surface area contributed by atoms with Crippen LogP contribution in [0.5, 0.6) is 0 Å².